The third-order valence-corrected chi connectivity index (χ3v) is 4.44. The predicted molar refractivity (Wildman–Crippen MR) is 104 cm³/mol. The summed E-state index contributed by atoms with van der Waals surface area (Å²) < 4.78 is 1.41. The number of aliphatic carboxylic acids is 1. The highest BCUT2D eigenvalue weighted by atomic mass is 16.7. The predicted octanol–water partition coefficient (Wildman–Crippen LogP) is 2.41. The van der Waals surface area contributed by atoms with Crippen LogP contribution in [0.3, 0.4) is 0 Å². The number of hydroxylamine groups is 2. The zero-order chi connectivity index (χ0) is 20.1. The van der Waals surface area contributed by atoms with Gasteiger partial charge in [-0.25, -0.2) is 4.79 Å². The van der Waals surface area contributed by atoms with Gasteiger partial charge >= 0.3 is 5.97 Å². The summed E-state index contributed by atoms with van der Waals surface area (Å²) in [4.78, 5) is 40.0. The number of aromatic nitrogens is 1. The number of likely N-dealkylation sites (N-methyl/N-ethyl adjacent to an activating group) is 1. The molecule has 0 amide bonds. The number of hydrogen-bond acceptors (Lipinski definition) is 5. The molecule has 142 valence electrons. The molecule has 1 heterocycles. The molecular weight excluding hydrogens is 360 g/mol. The zero-order valence-electron chi connectivity index (χ0n) is 15.1. The fourth-order valence-electron chi connectivity index (χ4n) is 3.03. The van der Waals surface area contributed by atoms with E-state index in [1.54, 1.807) is 54.6 Å². The number of carbonyl (C=O) groups is 2. The smallest absolute Gasteiger partial charge is 0.324 e. The summed E-state index contributed by atoms with van der Waals surface area (Å²) in [6.07, 6.45) is 2.35. The largest absolute Gasteiger partial charge is 0.480 e. The van der Waals surface area contributed by atoms with Crippen LogP contribution in [0.15, 0.2) is 60.8 Å². The second kappa shape index (κ2) is 8.35. The van der Waals surface area contributed by atoms with E-state index in [-0.39, 0.29) is 12.2 Å². The number of rotatable bonds is 8. The van der Waals surface area contributed by atoms with Gasteiger partial charge in [-0.15, -0.1) is 5.06 Å². The first kappa shape index (κ1) is 19.1. The molecular formula is C21H18N2O5. The van der Waals surface area contributed by atoms with E-state index in [4.69, 9.17) is 4.84 Å². The number of carbonyl (C=O) groups excluding carboxylic acids is 2. The van der Waals surface area contributed by atoms with Crippen molar-refractivity contribution >= 4 is 35.0 Å². The zero-order valence-corrected chi connectivity index (χ0v) is 15.1. The van der Waals surface area contributed by atoms with E-state index in [0.29, 0.717) is 23.1 Å². The Morgan fingerprint density at radius 3 is 2.54 bits per heavy atom. The summed E-state index contributed by atoms with van der Waals surface area (Å²) in [5.41, 5.74) is 1.87. The van der Waals surface area contributed by atoms with Crippen LogP contribution in [-0.2, 0) is 25.6 Å². The standard InChI is InChI=1S/C21H18N2O5/c1-22(28-20(13-24)15-7-3-2-4-8-15)19(21(26)27)11-16-12-23(14-25)18-10-6-5-9-17(16)18/h2-10,12,14,19H,11H2,1H3,(H,26,27)/t19-/m0/s1. The minimum absolute atomic E-state index is 0.0775. The molecule has 0 saturated carbocycles. The van der Waals surface area contributed by atoms with Crippen molar-refractivity contribution in [2.24, 2.45) is 0 Å². The minimum Gasteiger partial charge on any atom is -0.480 e. The van der Waals surface area contributed by atoms with Crippen molar-refractivity contribution in [3.63, 3.8) is 0 Å². The number of para-hydroxylation sites is 1. The van der Waals surface area contributed by atoms with Crippen molar-refractivity contribution in [3.8, 4) is 0 Å². The summed E-state index contributed by atoms with van der Waals surface area (Å²) in [5, 5.41) is 11.6. The second-order valence-corrected chi connectivity index (χ2v) is 6.18. The maximum Gasteiger partial charge on any atom is 0.324 e. The Labute approximate surface area is 161 Å². The van der Waals surface area contributed by atoms with Gasteiger partial charge in [-0.2, -0.15) is 0 Å². The lowest BCUT2D eigenvalue weighted by Gasteiger charge is -2.24. The van der Waals surface area contributed by atoms with Crippen LogP contribution in [0.25, 0.3) is 16.7 Å². The van der Waals surface area contributed by atoms with E-state index in [1.165, 1.54) is 11.6 Å². The van der Waals surface area contributed by atoms with Crippen LogP contribution in [0.4, 0.5) is 0 Å². The molecule has 0 aliphatic carbocycles. The van der Waals surface area contributed by atoms with E-state index < -0.39 is 12.0 Å². The van der Waals surface area contributed by atoms with Gasteiger partial charge in [-0.05, 0) is 11.6 Å². The lowest BCUT2D eigenvalue weighted by atomic mass is 10.1. The van der Waals surface area contributed by atoms with Gasteiger partial charge in [0.1, 0.15) is 6.04 Å². The van der Waals surface area contributed by atoms with Crippen LogP contribution >= 0.6 is 0 Å². The van der Waals surface area contributed by atoms with Gasteiger partial charge in [0.15, 0.2) is 5.94 Å². The molecule has 0 aliphatic rings. The van der Waals surface area contributed by atoms with Gasteiger partial charge in [0.2, 0.25) is 12.2 Å². The van der Waals surface area contributed by atoms with Crippen molar-refractivity contribution in [1.82, 2.24) is 9.63 Å². The third kappa shape index (κ3) is 3.86. The molecule has 7 nitrogen and oxygen atoms in total. The fourth-order valence-corrected chi connectivity index (χ4v) is 3.03. The van der Waals surface area contributed by atoms with Gasteiger partial charge < -0.3 is 9.94 Å². The van der Waals surface area contributed by atoms with Crippen molar-refractivity contribution in [2.45, 2.75) is 12.5 Å². The quantitative estimate of drug-likeness (QED) is 0.280. The number of hydrogen-bond donors (Lipinski definition) is 1. The van der Waals surface area contributed by atoms with Crippen molar-refractivity contribution in [3.05, 3.63) is 71.9 Å². The molecule has 28 heavy (non-hydrogen) atoms. The fraction of sp³-hybridized carbons (Fsp3) is 0.143. The average Bonchev–Trinajstić information content (AvgIpc) is 3.08. The lowest BCUT2D eigenvalue weighted by Crippen LogP contribution is -2.39. The number of benzene rings is 2. The molecule has 3 aromatic rings. The SMILES string of the molecule is CN(OC(=C=O)c1ccccc1)[C@@H](Cc1cn(C=O)c2ccccc12)C(=O)O. The van der Waals surface area contributed by atoms with Crippen molar-refractivity contribution in [1.29, 1.82) is 0 Å². The topological polar surface area (TPSA) is 88.8 Å². The molecule has 0 aliphatic heterocycles. The number of carboxylic acid groups (broad SMARTS) is 1. The Bertz CT molecular complexity index is 1050. The molecule has 1 aromatic heterocycles. The Hall–Kier alpha value is -3.67. The first-order valence-corrected chi connectivity index (χ1v) is 8.53. The Kier molecular flexibility index (Phi) is 5.69. The minimum atomic E-state index is -1.12. The van der Waals surface area contributed by atoms with E-state index >= 15 is 0 Å². The normalized spacial score (nSPS) is 11.8. The van der Waals surface area contributed by atoms with Crippen LogP contribution in [0.5, 0.6) is 0 Å². The molecule has 2 aromatic carbocycles. The number of nitrogens with zero attached hydrogens (tertiary/aromatic N) is 2. The summed E-state index contributed by atoms with van der Waals surface area (Å²) in [7, 11) is 1.44. The monoisotopic (exact) mass is 378 g/mol. The third-order valence-electron chi connectivity index (χ3n) is 4.44. The van der Waals surface area contributed by atoms with Gasteiger partial charge in [-0.3, -0.25) is 14.2 Å². The van der Waals surface area contributed by atoms with Crippen molar-refractivity contribution in [2.75, 3.05) is 7.05 Å². The van der Waals surface area contributed by atoms with Crippen LogP contribution in [0, 0.1) is 0 Å². The van der Waals surface area contributed by atoms with E-state index in [1.807, 2.05) is 12.1 Å². The Morgan fingerprint density at radius 1 is 1.21 bits per heavy atom. The van der Waals surface area contributed by atoms with E-state index in [0.717, 1.165) is 10.4 Å². The number of fused-ring (bicyclic) bond motifs is 1. The van der Waals surface area contributed by atoms with Crippen LogP contribution < -0.4 is 0 Å². The van der Waals surface area contributed by atoms with Crippen molar-refractivity contribution < 1.29 is 24.3 Å². The van der Waals surface area contributed by atoms with Gasteiger partial charge in [0, 0.05) is 30.6 Å². The molecule has 3 rings (SSSR count). The Morgan fingerprint density at radius 2 is 1.89 bits per heavy atom. The van der Waals surface area contributed by atoms with Crippen LogP contribution in [0.2, 0.25) is 0 Å². The molecule has 0 radical (unpaired) electrons. The van der Waals surface area contributed by atoms with Gasteiger partial charge in [0.05, 0.1) is 5.52 Å². The highest BCUT2D eigenvalue weighted by Gasteiger charge is 2.27. The molecule has 7 heteroatoms. The maximum atomic E-state index is 11.9. The van der Waals surface area contributed by atoms with E-state index in [2.05, 4.69) is 0 Å². The summed E-state index contributed by atoms with van der Waals surface area (Å²) in [6, 6.07) is 14.7. The number of carboxylic acids is 1. The molecule has 0 unspecified atom stereocenters. The first-order chi connectivity index (χ1) is 13.5. The molecule has 0 bridgehead atoms. The molecule has 0 saturated heterocycles. The molecule has 0 fully saturated rings. The highest BCUT2D eigenvalue weighted by Crippen LogP contribution is 2.24. The molecule has 1 atom stereocenters. The summed E-state index contributed by atoms with van der Waals surface area (Å²) in [5.74, 6) is 0.481. The lowest BCUT2D eigenvalue weighted by molar-refractivity contribution is -0.161. The van der Waals surface area contributed by atoms with Crippen LogP contribution in [0.1, 0.15) is 11.1 Å². The average molecular weight is 378 g/mol. The second-order valence-electron chi connectivity index (χ2n) is 6.18. The summed E-state index contributed by atoms with van der Waals surface area (Å²) >= 11 is 0. The summed E-state index contributed by atoms with van der Waals surface area (Å²) in [6.45, 7) is 0. The van der Waals surface area contributed by atoms with Gasteiger partial charge in [0.25, 0.3) is 0 Å². The van der Waals surface area contributed by atoms with Crippen LogP contribution in [-0.4, -0.2) is 46.1 Å². The first-order valence-electron chi connectivity index (χ1n) is 8.53. The molecule has 1 N–H and O–H groups in total. The van der Waals surface area contributed by atoms with E-state index in [9.17, 15) is 19.5 Å². The maximum absolute atomic E-state index is 11.9. The molecule has 0 spiro atoms. The van der Waals surface area contributed by atoms with Gasteiger partial charge in [-0.1, -0.05) is 48.5 Å². The highest BCUT2D eigenvalue weighted by molar-refractivity contribution is 5.89. The Balaban J connectivity index is 1.87.